The lowest BCUT2D eigenvalue weighted by atomic mass is 9.77. The summed E-state index contributed by atoms with van der Waals surface area (Å²) in [6.07, 6.45) is 6.22. The second-order valence-electron chi connectivity index (χ2n) is 9.03. The zero-order valence-electron chi connectivity index (χ0n) is 16.0. The van der Waals surface area contributed by atoms with Gasteiger partial charge in [-0.25, -0.2) is 15.2 Å². The number of hydrazine groups is 1. The molecule has 4 fully saturated rings. The Morgan fingerprint density at radius 1 is 1.19 bits per heavy atom. The van der Waals surface area contributed by atoms with Crippen molar-refractivity contribution in [3.63, 3.8) is 0 Å². The normalized spacial score (nSPS) is 46.9. The highest BCUT2D eigenvalue weighted by molar-refractivity contribution is 5.82. The molecule has 2 heterocycles. The van der Waals surface area contributed by atoms with Crippen molar-refractivity contribution in [1.29, 1.82) is 0 Å². The zero-order chi connectivity index (χ0) is 18.3. The Labute approximate surface area is 156 Å². The maximum absolute atomic E-state index is 14.3. The molecule has 0 radical (unpaired) electrons. The minimum atomic E-state index is -0.753. The standard InChI is InChI=1S/C19H34FN5O/c1-11-6-7-15(20)14-9-16(23-17(11)14)19(26)22-13-5-3-4-12(8-13)18-24-21-10-25(18)2/h11-18,21,23-24H,3-10H2,1-2H3,(H,22,26). The van der Waals surface area contributed by atoms with Crippen molar-refractivity contribution < 1.29 is 9.18 Å². The van der Waals surface area contributed by atoms with Crippen LogP contribution in [0.3, 0.4) is 0 Å². The summed E-state index contributed by atoms with van der Waals surface area (Å²) in [5, 5.41) is 6.73. The van der Waals surface area contributed by atoms with E-state index in [0.717, 1.165) is 32.4 Å². The Morgan fingerprint density at radius 3 is 2.77 bits per heavy atom. The van der Waals surface area contributed by atoms with E-state index in [9.17, 15) is 9.18 Å². The molecule has 4 aliphatic rings. The van der Waals surface area contributed by atoms with E-state index in [1.165, 1.54) is 6.42 Å². The van der Waals surface area contributed by atoms with Crippen molar-refractivity contribution in [2.45, 2.75) is 82.3 Å². The van der Waals surface area contributed by atoms with Gasteiger partial charge < -0.3 is 10.6 Å². The Morgan fingerprint density at radius 2 is 2.04 bits per heavy atom. The van der Waals surface area contributed by atoms with Crippen molar-refractivity contribution in [1.82, 2.24) is 26.4 Å². The van der Waals surface area contributed by atoms with E-state index in [2.05, 4.69) is 40.4 Å². The topological polar surface area (TPSA) is 68.4 Å². The van der Waals surface area contributed by atoms with E-state index in [1.54, 1.807) is 0 Å². The number of nitrogens with zero attached hydrogens (tertiary/aromatic N) is 1. The molecule has 0 spiro atoms. The molecule has 4 rings (SSSR count). The third kappa shape index (κ3) is 3.63. The van der Waals surface area contributed by atoms with Crippen LogP contribution < -0.4 is 21.5 Å². The van der Waals surface area contributed by atoms with E-state index in [1.807, 2.05) is 0 Å². The van der Waals surface area contributed by atoms with Crippen molar-refractivity contribution in [2.75, 3.05) is 13.7 Å². The van der Waals surface area contributed by atoms with Gasteiger partial charge in [-0.05, 0) is 57.4 Å². The number of hydrogen-bond acceptors (Lipinski definition) is 5. The van der Waals surface area contributed by atoms with Crippen molar-refractivity contribution >= 4 is 5.91 Å². The molecule has 7 heteroatoms. The molecule has 0 aromatic carbocycles. The summed E-state index contributed by atoms with van der Waals surface area (Å²) < 4.78 is 14.3. The van der Waals surface area contributed by atoms with Gasteiger partial charge >= 0.3 is 0 Å². The number of hydrogen-bond donors (Lipinski definition) is 4. The molecule has 6 nitrogen and oxygen atoms in total. The highest BCUT2D eigenvalue weighted by atomic mass is 19.1. The Bertz CT molecular complexity index is 502. The molecule has 148 valence electrons. The molecule has 8 atom stereocenters. The predicted molar refractivity (Wildman–Crippen MR) is 98.7 cm³/mol. The first-order chi connectivity index (χ1) is 12.5. The maximum atomic E-state index is 14.3. The van der Waals surface area contributed by atoms with Gasteiger partial charge in [-0.1, -0.05) is 13.3 Å². The SMILES string of the molecule is CC1CCC(F)C2CC(C(=O)NC3CCCC(C4NNCN4C)C3)NC12. The van der Waals surface area contributed by atoms with Gasteiger partial charge in [0, 0.05) is 18.0 Å². The lowest BCUT2D eigenvalue weighted by Gasteiger charge is -2.35. The highest BCUT2D eigenvalue weighted by Gasteiger charge is 2.46. The summed E-state index contributed by atoms with van der Waals surface area (Å²) in [7, 11) is 2.12. The highest BCUT2D eigenvalue weighted by Crippen LogP contribution is 2.38. The average Bonchev–Trinajstić information content (AvgIpc) is 3.26. The van der Waals surface area contributed by atoms with Gasteiger partial charge in [0.15, 0.2) is 0 Å². The van der Waals surface area contributed by atoms with E-state index < -0.39 is 6.17 Å². The van der Waals surface area contributed by atoms with Gasteiger partial charge in [-0.2, -0.15) is 0 Å². The summed E-state index contributed by atoms with van der Waals surface area (Å²) in [6.45, 7) is 3.04. The molecule has 2 aliphatic carbocycles. The molecule has 1 amide bonds. The maximum Gasteiger partial charge on any atom is 0.237 e. The van der Waals surface area contributed by atoms with Crippen LogP contribution in [0.2, 0.25) is 0 Å². The van der Waals surface area contributed by atoms with Crippen LogP contribution in [0.15, 0.2) is 0 Å². The molecule has 26 heavy (non-hydrogen) atoms. The fourth-order valence-electron chi connectivity index (χ4n) is 5.71. The number of alkyl halides is 1. The number of fused-ring (bicyclic) bond motifs is 1. The molecule has 2 saturated heterocycles. The lowest BCUT2D eigenvalue weighted by Crippen LogP contribution is -2.51. The van der Waals surface area contributed by atoms with Gasteiger partial charge in [0.2, 0.25) is 5.91 Å². The van der Waals surface area contributed by atoms with Crippen LogP contribution in [0, 0.1) is 17.8 Å². The molecule has 0 aromatic heterocycles. The van der Waals surface area contributed by atoms with Crippen LogP contribution in [0.25, 0.3) is 0 Å². The molecule has 0 bridgehead atoms. The van der Waals surface area contributed by atoms with Gasteiger partial charge in [0.1, 0.15) is 6.17 Å². The average molecular weight is 368 g/mol. The van der Waals surface area contributed by atoms with E-state index in [4.69, 9.17) is 0 Å². The molecule has 2 saturated carbocycles. The molecule has 0 aromatic rings. The number of nitrogens with one attached hydrogen (secondary N) is 4. The molecular formula is C19H34FN5O. The van der Waals surface area contributed by atoms with Gasteiger partial charge in [-0.3, -0.25) is 9.69 Å². The quantitative estimate of drug-likeness (QED) is 0.602. The molecular weight excluding hydrogens is 333 g/mol. The summed E-state index contributed by atoms with van der Waals surface area (Å²) in [4.78, 5) is 15.1. The summed E-state index contributed by atoms with van der Waals surface area (Å²) in [5.41, 5.74) is 6.56. The lowest BCUT2D eigenvalue weighted by molar-refractivity contribution is -0.124. The van der Waals surface area contributed by atoms with Crippen LogP contribution in [-0.2, 0) is 4.79 Å². The van der Waals surface area contributed by atoms with E-state index >= 15 is 0 Å². The predicted octanol–water partition coefficient (Wildman–Crippen LogP) is 1.10. The Balaban J connectivity index is 1.32. The second kappa shape index (κ2) is 7.70. The fourth-order valence-corrected chi connectivity index (χ4v) is 5.71. The Hall–Kier alpha value is -0.760. The number of rotatable bonds is 3. The summed E-state index contributed by atoms with van der Waals surface area (Å²) in [5.74, 6) is 1.09. The van der Waals surface area contributed by atoms with Crippen LogP contribution >= 0.6 is 0 Å². The fraction of sp³-hybridized carbons (Fsp3) is 0.947. The van der Waals surface area contributed by atoms with Crippen LogP contribution in [0.5, 0.6) is 0 Å². The third-order valence-corrected chi connectivity index (χ3v) is 7.22. The minimum Gasteiger partial charge on any atom is -0.352 e. The first-order valence-corrected chi connectivity index (χ1v) is 10.4. The van der Waals surface area contributed by atoms with Crippen LogP contribution in [0.4, 0.5) is 4.39 Å². The van der Waals surface area contributed by atoms with E-state index in [-0.39, 0.29) is 30.0 Å². The zero-order valence-corrected chi connectivity index (χ0v) is 16.0. The number of carbonyl (C=O) groups is 1. The van der Waals surface area contributed by atoms with Crippen LogP contribution in [-0.4, -0.2) is 55.0 Å². The van der Waals surface area contributed by atoms with Crippen molar-refractivity contribution in [3.05, 3.63) is 0 Å². The smallest absolute Gasteiger partial charge is 0.237 e. The number of carbonyl (C=O) groups excluding carboxylic acids is 1. The first kappa shape index (κ1) is 18.6. The molecule has 4 N–H and O–H groups in total. The number of amides is 1. The minimum absolute atomic E-state index is 0.0102. The summed E-state index contributed by atoms with van der Waals surface area (Å²) >= 11 is 0. The van der Waals surface area contributed by atoms with Gasteiger partial charge in [0.05, 0.1) is 18.9 Å². The summed E-state index contributed by atoms with van der Waals surface area (Å²) in [6, 6.07) is 0.175. The Kier molecular flexibility index (Phi) is 5.51. The third-order valence-electron chi connectivity index (χ3n) is 7.22. The van der Waals surface area contributed by atoms with Crippen molar-refractivity contribution in [3.8, 4) is 0 Å². The largest absolute Gasteiger partial charge is 0.352 e. The van der Waals surface area contributed by atoms with Gasteiger partial charge in [-0.15, -0.1) is 0 Å². The first-order valence-electron chi connectivity index (χ1n) is 10.4. The number of halogens is 1. The molecule has 8 unspecified atom stereocenters. The van der Waals surface area contributed by atoms with E-state index in [0.29, 0.717) is 30.8 Å². The molecule has 2 aliphatic heterocycles. The second-order valence-corrected chi connectivity index (χ2v) is 9.03. The van der Waals surface area contributed by atoms with Gasteiger partial charge in [0.25, 0.3) is 0 Å². The van der Waals surface area contributed by atoms with Crippen LogP contribution in [0.1, 0.15) is 51.9 Å². The van der Waals surface area contributed by atoms with Crippen molar-refractivity contribution in [2.24, 2.45) is 17.8 Å². The monoisotopic (exact) mass is 367 g/mol.